The summed E-state index contributed by atoms with van der Waals surface area (Å²) in [6.07, 6.45) is 1.93. The van der Waals surface area contributed by atoms with E-state index in [9.17, 15) is 9.59 Å². The van der Waals surface area contributed by atoms with Gasteiger partial charge in [0, 0.05) is 24.3 Å². The van der Waals surface area contributed by atoms with Crippen LogP contribution in [0.25, 0.3) is 0 Å². The first-order valence-corrected chi connectivity index (χ1v) is 9.43. The molecule has 0 spiro atoms. The first kappa shape index (κ1) is 19.0. The number of para-hydroxylation sites is 1. The zero-order valence-corrected chi connectivity index (χ0v) is 16.1. The molecule has 2 aromatic carbocycles. The summed E-state index contributed by atoms with van der Waals surface area (Å²) < 4.78 is 5.16. The lowest BCUT2D eigenvalue weighted by molar-refractivity contribution is -0.122. The van der Waals surface area contributed by atoms with E-state index in [1.54, 1.807) is 12.0 Å². The Kier molecular flexibility index (Phi) is 5.79. The third-order valence-electron chi connectivity index (χ3n) is 5.13. The van der Waals surface area contributed by atoms with Crippen molar-refractivity contribution in [1.29, 1.82) is 0 Å². The number of methoxy groups -OCH3 is 1. The van der Waals surface area contributed by atoms with E-state index in [0.29, 0.717) is 6.54 Å². The minimum absolute atomic E-state index is 0.0280. The van der Waals surface area contributed by atoms with E-state index in [2.05, 4.69) is 19.2 Å². The molecule has 1 saturated heterocycles. The molecule has 5 nitrogen and oxygen atoms in total. The van der Waals surface area contributed by atoms with E-state index in [-0.39, 0.29) is 24.2 Å². The minimum atomic E-state index is -0.353. The van der Waals surface area contributed by atoms with Gasteiger partial charge < -0.3 is 15.0 Å². The highest BCUT2D eigenvalue weighted by Gasteiger charge is 2.35. The first-order valence-electron chi connectivity index (χ1n) is 9.43. The summed E-state index contributed by atoms with van der Waals surface area (Å²) in [5.41, 5.74) is 3.94. The Bertz CT molecular complexity index is 808. The highest BCUT2D eigenvalue weighted by atomic mass is 16.5. The summed E-state index contributed by atoms with van der Waals surface area (Å²) in [6.45, 7) is 4.55. The van der Waals surface area contributed by atoms with E-state index in [1.807, 2.05) is 42.5 Å². The molecule has 0 aliphatic carbocycles. The van der Waals surface area contributed by atoms with Crippen LogP contribution in [0.4, 0.5) is 11.4 Å². The van der Waals surface area contributed by atoms with Crippen molar-refractivity contribution in [2.24, 2.45) is 5.92 Å². The van der Waals surface area contributed by atoms with Gasteiger partial charge in [-0.15, -0.1) is 0 Å². The molecule has 142 valence electrons. The van der Waals surface area contributed by atoms with Gasteiger partial charge in [0.25, 0.3) is 0 Å². The van der Waals surface area contributed by atoms with Crippen molar-refractivity contribution >= 4 is 23.2 Å². The van der Waals surface area contributed by atoms with Crippen LogP contribution in [-0.4, -0.2) is 25.5 Å². The van der Waals surface area contributed by atoms with Crippen molar-refractivity contribution in [2.45, 2.75) is 33.1 Å². The molecule has 1 atom stereocenters. The molecule has 5 heteroatoms. The number of benzene rings is 2. The molecular weight excluding hydrogens is 340 g/mol. The topological polar surface area (TPSA) is 58.6 Å². The van der Waals surface area contributed by atoms with Crippen LogP contribution in [0.3, 0.4) is 0 Å². The Hall–Kier alpha value is -2.82. The fourth-order valence-electron chi connectivity index (χ4n) is 3.52. The number of amides is 2. The van der Waals surface area contributed by atoms with Crippen molar-refractivity contribution in [3.8, 4) is 5.75 Å². The number of hydrogen-bond acceptors (Lipinski definition) is 3. The molecule has 2 aromatic rings. The number of nitrogens with one attached hydrogen (secondary N) is 1. The van der Waals surface area contributed by atoms with Gasteiger partial charge in [-0.3, -0.25) is 9.59 Å². The van der Waals surface area contributed by atoms with E-state index in [1.165, 1.54) is 0 Å². The second kappa shape index (κ2) is 8.25. The molecule has 27 heavy (non-hydrogen) atoms. The molecule has 0 bridgehead atoms. The van der Waals surface area contributed by atoms with Crippen molar-refractivity contribution in [3.05, 3.63) is 53.6 Å². The average Bonchev–Trinajstić information content (AvgIpc) is 3.10. The second-order valence-electron chi connectivity index (χ2n) is 6.75. The molecule has 0 unspecified atom stereocenters. The van der Waals surface area contributed by atoms with Gasteiger partial charge in [-0.25, -0.2) is 0 Å². The highest BCUT2D eigenvalue weighted by Crippen LogP contribution is 2.29. The van der Waals surface area contributed by atoms with Crippen LogP contribution in [0, 0.1) is 5.92 Å². The largest absolute Gasteiger partial charge is 0.497 e. The maximum Gasteiger partial charge on any atom is 0.229 e. The first-order chi connectivity index (χ1) is 13.1. The Morgan fingerprint density at radius 1 is 1.11 bits per heavy atom. The van der Waals surface area contributed by atoms with E-state index >= 15 is 0 Å². The summed E-state index contributed by atoms with van der Waals surface area (Å²) in [5.74, 6) is 0.270. The minimum Gasteiger partial charge on any atom is -0.497 e. The zero-order chi connectivity index (χ0) is 19.4. The van der Waals surface area contributed by atoms with Gasteiger partial charge >= 0.3 is 0 Å². The zero-order valence-electron chi connectivity index (χ0n) is 16.1. The quantitative estimate of drug-likeness (QED) is 0.846. The average molecular weight is 366 g/mol. The molecule has 1 fully saturated rings. The van der Waals surface area contributed by atoms with Crippen LogP contribution < -0.4 is 15.0 Å². The number of anilines is 2. The highest BCUT2D eigenvalue weighted by molar-refractivity contribution is 6.04. The van der Waals surface area contributed by atoms with Gasteiger partial charge in [-0.05, 0) is 48.2 Å². The Morgan fingerprint density at radius 2 is 1.74 bits per heavy atom. The monoisotopic (exact) mass is 366 g/mol. The second-order valence-corrected chi connectivity index (χ2v) is 6.75. The van der Waals surface area contributed by atoms with Gasteiger partial charge in [0.2, 0.25) is 11.8 Å². The van der Waals surface area contributed by atoms with E-state index in [0.717, 1.165) is 41.1 Å². The predicted octanol–water partition coefficient (Wildman–Crippen LogP) is 3.81. The molecule has 0 radical (unpaired) electrons. The molecule has 2 amide bonds. The summed E-state index contributed by atoms with van der Waals surface area (Å²) in [5, 5.41) is 3.10. The summed E-state index contributed by atoms with van der Waals surface area (Å²) in [4.78, 5) is 27.0. The number of ether oxygens (including phenoxy) is 1. The fourth-order valence-corrected chi connectivity index (χ4v) is 3.52. The van der Waals surface area contributed by atoms with E-state index in [4.69, 9.17) is 4.74 Å². The third-order valence-corrected chi connectivity index (χ3v) is 5.13. The maximum atomic E-state index is 12.9. The van der Waals surface area contributed by atoms with Crippen molar-refractivity contribution in [3.63, 3.8) is 0 Å². The molecular formula is C22H26N2O3. The van der Waals surface area contributed by atoms with Gasteiger partial charge in [-0.1, -0.05) is 32.0 Å². The molecule has 0 saturated carbocycles. The Labute approximate surface area is 160 Å². The van der Waals surface area contributed by atoms with Crippen molar-refractivity contribution in [1.82, 2.24) is 0 Å². The summed E-state index contributed by atoms with van der Waals surface area (Å²) >= 11 is 0. The van der Waals surface area contributed by atoms with Crippen LogP contribution in [0.1, 0.15) is 31.4 Å². The number of hydrogen-bond donors (Lipinski definition) is 1. The number of carbonyl (C=O) groups excluding carboxylic acids is 2. The lowest BCUT2D eigenvalue weighted by Crippen LogP contribution is -2.28. The summed E-state index contributed by atoms with van der Waals surface area (Å²) in [6, 6.07) is 13.4. The molecule has 0 aromatic heterocycles. The number of rotatable bonds is 6. The normalized spacial score (nSPS) is 16.5. The van der Waals surface area contributed by atoms with Crippen molar-refractivity contribution in [2.75, 3.05) is 23.9 Å². The molecule has 1 N–H and O–H groups in total. The molecule has 3 rings (SSSR count). The van der Waals surface area contributed by atoms with Gasteiger partial charge in [0.1, 0.15) is 5.75 Å². The maximum absolute atomic E-state index is 12.9. The van der Waals surface area contributed by atoms with E-state index < -0.39 is 0 Å². The Balaban J connectivity index is 1.74. The predicted molar refractivity (Wildman–Crippen MR) is 107 cm³/mol. The van der Waals surface area contributed by atoms with Gasteiger partial charge in [0.05, 0.1) is 13.0 Å². The van der Waals surface area contributed by atoms with Gasteiger partial charge in [-0.2, -0.15) is 0 Å². The summed E-state index contributed by atoms with van der Waals surface area (Å²) in [7, 11) is 1.61. The SMILES string of the molecule is CCc1cccc(CC)c1NC(=O)[C@H]1CC(=O)N(c2ccc(OC)cc2)C1. The van der Waals surface area contributed by atoms with Gasteiger partial charge in [0.15, 0.2) is 0 Å². The molecule has 1 heterocycles. The standard InChI is InChI=1S/C22H26N2O3/c1-4-15-7-6-8-16(5-2)21(15)23-22(26)17-13-20(25)24(14-17)18-9-11-19(27-3)12-10-18/h6-12,17H,4-5,13-14H2,1-3H3,(H,23,26)/t17-/m0/s1. The Morgan fingerprint density at radius 3 is 2.30 bits per heavy atom. The molecule has 1 aliphatic rings. The van der Waals surface area contributed by atoms with Crippen LogP contribution in [0.5, 0.6) is 5.75 Å². The van der Waals surface area contributed by atoms with Crippen LogP contribution in [0.2, 0.25) is 0 Å². The fraction of sp³-hybridized carbons (Fsp3) is 0.364. The van der Waals surface area contributed by atoms with Crippen LogP contribution in [-0.2, 0) is 22.4 Å². The molecule has 1 aliphatic heterocycles. The van der Waals surface area contributed by atoms with Crippen molar-refractivity contribution < 1.29 is 14.3 Å². The van der Waals surface area contributed by atoms with Crippen LogP contribution >= 0.6 is 0 Å². The lowest BCUT2D eigenvalue weighted by Gasteiger charge is -2.18. The third kappa shape index (κ3) is 3.97. The van der Waals surface area contributed by atoms with Crippen LogP contribution in [0.15, 0.2) is 42.5 Å². The number of carbonyl (C=O) groups is 2. The smallest absolute Gasteiger partial charge is 0.229 e. The number of nitrogens with zero attached hydrogens (tertiary/aromatic N) is 1. The lowest BCUT2D eigenvalue weighted by atomic mass is 10.0. The number of aryl methyl sites for hydroxylation is 2.